The number of benzene rings is 2. The van der Waals surface area contributed by atoms with E-state index in [2.05, 4.69) is 5.32 Å². The molecule has 2 aromatic rings. The molecule has 0 saturated carbocycles. The SMILES string of the molecule is O=C(Nc1ccc(C(F)(F)F)cc1)c1ccc(Cl)cc1Cl. The van der Waals surface area contributed by atoms with Crippen LogP contribution in [0, 0.1) is 0 Å². The number of alkyl halides is 3. The molecule has 0 spiro atoms. The fraction of sp³-hybridized carbons (Fsp3) is 0.0714. The molecule has 0 heterocycles. The highest BCUT2D eigenvalue weighted by Gasteiger charge is 2.30. The van der Waals surface area contributed by atoms with Gasteiger partial charge in [-0.2, -0.15) is 13.2 Å². The molecule has 1 amide bonds. The number of amides is 1. The fourth-order valence-corrected chi connectivity index (χ4v) is 2.11. The van der Waals surface area contributed by atoms with Crippen LogP contribution < -0.4 is 5.32 Å². The summed E-state index contributed by atoms with van der Waals surface area (Å²) in [5.41, 5.74) is -0.370. The van der Waals surface area contributed by atoms with E-state index in [9.17, 15) is 18.0 Å². The first kappa shape index (κ1) is 15.7. The van der Waals surface area contributed by atoms with Crippen LogP contribution in [0.25, 0.3) is 0 Å². The molecule has 0 radical (unpaired) electrons. The molecule has 2 rings (SSSR count). The minimum Gasteiger partial charge on any atom is -0.322 e. The summed E-state index contributed by atoms with van der Waals surface area (Å²) in [6.45, 7) is 0. The van der Waals surface area contributed by atoms with Gasteiger partial charge in [0.2, 0.25) is 0 Å². The number of hydrogen-bond donors (Lipinski definition) is 1. The molecular weight excluding hydrogens is 326 g/mol. The van der Waals surface area contributed by atoms with Crippen molar-refractivity contribution in [1.29, 1.82) is 0 Å². The maximum atomic E-state index is 12.4. The van der Waals surface area contributed by atoms with E-state index in [-0.39, 0.29) is 16.3 Å². The summed E-state index contributed by atoms with van der Waals surface area (Å²) in [7, 11) is 0. The van der Waals surface area contributed by atoms with Gasteiger partial charge in [-0.1, -0.05) is 23.2 Å². The summed E-state index contributed by atoms with van der Waals surface area (Å²) in [4.78, 5) is 12.0. The predicted molar refractivity (Wildman–Crippen MR) is 75.9 cm³/mol. The van der Waals surface area contributed by atoms with E-state index in [0.29, 0.717) is 5.02 Å². The van der Waals surface area contributed by atoms with Gasteiger partial charge in [0.05, 0.1) is 16.1 Å². The van der Waals surface area contributed by atoms with Gasteiger partial charge in [-0.3, -0.25) is 4.79 Å². The number of rotatable bonds is 2. The molecule has 0 saturated heterocycles. The van der Waals surface area contributed by atoms with Gasteiger partial charge in [0, 0.05) is 10.7 Å². The predicted octanol–water partition coefficient (Wildman–Crippen LogP) is 5.26. The second-order valence-corrected chi connectivity index (χ2v) is 5.00. The van der Waals surface area contributed by atoms with E-state index < -0.39 is 17.6 Å². The van der Waals surface area contributed by atoms with Gasteiger partial charge in [-0.15, -0.1) is 0 Å². The molecule has 0 bridgehead atoms. The van der Waals surface area contributed by atoms with Crippen molar-refractivity contribution in [3.8, 4) is 0 Å². The molecule has 0 aliphatic rings. The zero-order valence-corrected chi connectivity index (χ0v) is 11.9. The molecular formula is C14H8Cl2F3NO. The van der Waals surface area contributed by atoms with Crippen LogP contribution in [0.2, 0.25) is 10.0 Å². The first-order valence-electron chi connectivity index (χ1n) is 5.71. The van der Waals surface area contributed by atoms with E-state index in [1.54, 1.807) is 0 Å². The molecule has 0 fully saturated rings. The van der Waals surface area contributed by atoms with Gasteiger partial charge in [0.1, 0.15) is 0 Å². The maximum Gasteiger partial charge on any atom is 0.416 e. The molecule has 1 N–H and O–H groups in total. The second-order valence-electron chi connectivity index (χ2n) is 4.15. The normalized spacial score (nSPS) is 11.3. The van der Waals surface area contributed by atoms with Crippen molar-refractivity contribution in [2.75, 3.05) is 5.32 Å². The Balaban J connectivity index is 2.16. The largest absolute Gasteiger partial charge is 0.416 e. The summed E-state index contributed by atoms with van der Waals surface area (Å²) in [6, 6.07) is 8.46. The number of anilines is 1. The number of hydrogen-bond acceptors (Lipinski definition) is 1. The summed E-state index contributed by atoms with van der Waals surface area (Å²) in [5.74, 6) is -0.531. The Morgan fingerprint density at radius 3 is 2.14 bits per heavy atom. The Bertz CT molecular complexity index is 669. The number of carbonyl (C=O) groups is 1. The highest BCUT2D eigenvalue weighted by atomic mass is 35.5. The molecule has 2 nitrogen and oxygen atoms in total. The second kappa shape index (κ2) is 5.95. The smallest absolute Gasteiger partial charge is 0.322 e. The third-order valence-corrected chi connectivity index (χ3v) is 3.19. The van der Waals surface area contributed by atoms with Crippen LogP contribution in [-0.2, 0) is 6.18 Å². The monoisotopic (exact) mass is 333 g/mol. The molecule has 21 heavy (non-hydrogen) atoms. The van der Waals surface area contributed by atoms with Crippen LogP contribution in [0.4, 0.5) is 18.9 Å². The van der Waals surface area contributed by atoms with Gasteiger partial charge >= 0.3 is 6.18 Å². The van der Waals surface area contributed by atoms with Crippen molar-refractivity contribution in [1.82, 2.24) is 0 Å². The van der Waals surface area contributed by atoms with Crippen molar-refractivity contribution >= 4 is 34.8 Å². The van der Waals surface area contributed by atoms with Crippen LogP contribution in [0.5, 0.6) is 0 Å². The maximum absolute atomic E-state index is 12.4. The number of halogens is 5. The molecule has 0 atom stereocenters. The number of carbonyl (C=O) groups excluding carboxylic acids is 1. The van der Waals surface area contributed by atoms with Crippen LogP contribution in [-0.4, -0.2) is 5.91 Å². The van der Waals surface area contributed by atoms with Gasteiger partial charge in [0.25, 0.3) is 5.91 Å². The van der Waals surface area contributed by atoms with Crippen molar-refractivity contribution in [2.24, 2.45) is 0 Å². The molecule has 0 unspecified atom stereocenters. The van der Waals surface area contributed by atoms with Gasteiger partial charge in [-0.05, 0) is 42.5 Å². The third-order valence-electron chi connectivity index (χ3n) is 2.65. The Kier molecular flexibility index (Phi) is 4.44. The zero-order chi connectivity index (χ0) is 15.6. The summed E-state index contributed by atoms with van der Waals surface area (Å²) >= 11 is 11.6. The minimum atomic E-state index is -4.41. The molecule has 110 valence electrons. The third kappa shape index (κ3) is 3.89. The molecule has 0 aliphatic carbocycles. The lowest BCUT2D eigenvalue weighted by molar-refractivity contribution is -0.137. The highest BCUT2D eigenvalue weighted by molar-refractivity contribution is 6.37. The fourth-order valence-electron chi connectivity index (χ4n) is 1.61. The first-order valence-corrected chi connectivity index (χ1v) is 6.46. The van der Waals surface area contributed by atoms with Crippen molar-refractivity contribution < 1.29 is 18.0 Å². The van der Waals surface area contributed by atoms with Crippen LogP contribution in [0.15, 0.2) is 42.5 Å². The molecule has 0 aromatic heterocycles. The van der Waals surface area contributed by atoms with Crippen molar-refractivity contribution in [2.45, 2.75) is 6.18 Å². The first-order chi connectivity index (χ1) is 9.77. The van der Waals surface area contributed by atoms with E-state index in [1.807, 2.05) is 0 Å². The van der Waals surface area contributed by atoms with Crippen LogP contribution in [0.1, 0.15) is 15.9 Å². The van der Waals surface area contributed by atoms with Gasteiger partial charge in [0.15, 0.2) is 0 Å². The lowest BCUT2D eigenvalue weighted by Gasteiger charge is -2.09. The number of nitrogens with one attached hydrogen (secondary N) is 1. The Morgan fingerprint density at radius 2 is 1.62 bits per heavy atom. The zero-order valence-electron chi connectivity index (χ0n) is 10.3. The Morgan fingerprint density at radius 1 is 1.00 bits per heavy atom. The van der Waals surface area contributed by atoms with E-state index in [0.717, 1.165) is 12.1 Å². The lowest BCUT2D eigenvalue weighted by Crippen LogP contribution is -2.13. The molecule has 7 heteroatoms. The summed E-state index contributed by atoms with van der Waals surface area (Å²) in [5, 5.41) is 3.00. The average molecular weight is 334 g/mol. The lowest BCUT2D eigenvalue weighted by atomic mass is 10.1. The standard InChI is InChI=1S/C14H8Cl2F3NO/c15-9-3-6-11(12(16)7-9)13(21)20-10-4-1-8(2-5-10)14(17,18)19/h1-7H,(H,20,21). The minimum absolute atomic E-state index is 0.159. The van der Waals surface area contributed by atoms with E-state index >= 15 is 0 Å². The molecule has 2 aromatic carbocycles. The summed E-state index contributed by atoms with van der Waals surface area (Å²) in [6.07, 6.45) is -4.41. The van der Waals surface area contributed by atoms with E-state index in [1.165, 1.54) is 30.3 Å². The van der Waals surface area contributed by atoms with Crippen LogP contribution >= 0.6 is 23.2 Å². The van der Waals surface area contributed by atoms with Crippen molar-refractivity contribution in [3.63, 3.8) is 0 Å². The Labute approximate surface area is 128 Å². The van der Waals surface area contributed by atoms with Crippen molar-refractivity contribution in [3.05, 3.63) is 63.6 Å². The highest BCUT2D eigenvalue weighted by Crippen LogP contribution is 2.30. The molecule has 0 aliphatic heterocycles. The van der Waals surface area contributed by atoms with Gasteiger partial charge < -0.3 is 5.32 Å². The Hall–Kier alpha value is -1.72. The summed E-state index contributed by atoms with van der Waals surface area (Å²) < 4.78 is 37.3. The van der Waals surface area contributed by atoms with Crippen LogP contribution in [0.3, 0.4) is 0 Å². The quantitative estimate of drug-likeness (QED) is 0.797. The topological polar surface area (TPSA) is 29.1 Å². The average Bonchev–Trinajstić information content (AvgIpc) is 2.38. The van der Waals surface area contributed by atoms with E-state index in [4.69, 9.17) is 23.2 Å². The van der Waals surface area contributed by atoms with Gasteiger partial charge in [-0.25, -0.2) is 0 Å².